The van der Waals surface area contributed by atoms with Gasteiger partial charge in [-0.3, -0.25) is 14.4 Å². The van der Waals surface area contributed by atoms with Crippen molar-refractivity contribution in [1.29, 1.82) is 0 Å². The lowest BCUT2D eigenvalue weighted by molar-refractivity contribution is -0.148. The van der Waals surface area contributed by atoms with Crippen molar-refractivity contribution in [3.8, 4) is 0 Å². The second-order valence-corrected chi connectivity index (χ2v) is 6.84. The molecule has 1 fully saturated rings. The van der Waals surface area contributed by atoms with Gasteiger partial charge in [0, 0.05) is 5.69 Å². The molecule has 2 aromatic rings. The first kappa shape index (κ1) is 18.6. The normalized spacial score (nSPS) is 17.7. The zero-order chi connectivity index (χ0) is 19.4. The van der Waals surface area contributed by atoms with E-state index in [9.17, 15) is 14.4 Å². The number of anilines is 2. The summed E-state index contributed by atoms with van der Waals surface area (Å²) in [5.74, 6) is -0.923. The summed E-state index contributed by atoms with van der Waals surface area (Å²) in [4.78, 5) is 36.4. The number of esters is 1. The number of aryl methyl sites for hydroxylation is 1. The number of amides is 2. The summed E-state index contributed by atoms with van der Waals surface area (Å²) >= 11 is 0. The molecule has 1 aliphatic rings. The van der Waals surface area contributed by atoms with Crippen LogP contribution in [0.4, 0.5) is 11.4 Å². The first-order valence-electron chi connectivity index (χ1n) is 8.87. The molecule has 0 radical (unpaired) electrons. The van der Waals surface area contributed by atoms with E-state index in [1.165, 1.54) is 0 Å². The van der Waals surface area contributed by atoms with Gasteiger partial charge in [-0.2, -0.15) is 0 Å². The van der Waals surface area contributed by atoms with Gasteiger partial charge in [0.1, 0.15) is 0 Å². The third kappa shape index (κ3) is 4.94. The molecule has 0 unspecified atom stereocenters. The van der Waals surface area contributed by atoms with E-state index in [2.05, 4.69) is 10.6 Å². The average molecular weight is 366 g/mol. The van der Waals surface area contributed by atoms with Crippen LogP contribution in [0, 0.1) is 18.8 Å². The minimum Gasteiger partial charge on any atom is -0.455 e. The van der Waals surface area contributed by atoms with Crippen LogP contribution in [0.25, 0.3) is 0 Å². The summed E-state index contributed by atoms with van der Waals surface area (Å²) in [5.41, 5.74) is 2.40. The Hall–Kier alpha value is -3.15. The van der Waals surface area contributed by atoms with Gasteiger partial charge in [-0.15, -0.1) is 0 Å². The van der Waals surface area contributed by atoms with E-state index in [1.54, 1.807) is 30.3 Å². The molecule has 0 heterocycles. The molecule has 0 spiro atoms. The van der Waals surface area contributed by atoms with E-state index in [0.29, 0.717) is 22.9 Å². The van der Waals surface area contributed by atoms with Crippen molar-refractivity contribution in [2.75, 3.05) is 17.2 Å². The van der Waals surface area contributed by atoms with Crippen LogP contribution in [0.1, 0.15) is 29.3 Å². The van der Waals surface area contributed by atoms with E-state index in [4.69, 9.17) is 4.74 Å². The third-order valence-corrected chi connectivity index (χ3v) is 4.48. The number of carbonyl (C=O) groups excluding carboxylic acids is 3. The summed E-state index contributed by atoms with van der Waals surface area (Å²) in [6.45, 7) is 3.54. The Kier molecular flexibility index (Phi) is 5.54. The van der Waals surface area contributed by atoms with E-state index < -0.39 is 5.91 Å². The van der Waals surface area contributed by atoms with Crippen LogP contribution in [-0.2, 0) is 14.3 Å². The number of carbonyl (C=O) groups is 3. The first-order valence-corrected chi connectivity index (χ1v) is 8.87. The molecule has 0 aliphatic heterocycles. The molecule has 0 saturated heterocycles. The maximum absolute atomic E-state index is 12.6. The second-order valence-electron chi connectivity index (χ2n) is 6.84. The quantitative estimate of drug-likeness (QED) is 0.768. The van der Waals surface area contributed by atoms with Crippen molar-refractivity contribution in [3.63, 3.8) is 0 Å². The number of benzene rings is 2. The molecule has 2 aromatic carbocycles. The van der Waals surface area contributed by atoms with Gasteiger partial charge in [0.15, 0.2) is 6.61 Å². The largest absolute Gasteiger partial charge is 0.455 e. The average Bonchev–Trinajstić information content (AvgIpc) is 3.37. The van der Waals surface area contributed by atoms with Crippen molar-refractivity contribution < 1.29 is 19.1 Å². The van der Waals surface area contributed by atoms with Crippen molar-refractivity contribution in [1.82, 2.24) is 0 Å². The summed E-state index contributed by atoms with van der Waals surface area (Å²) in [6.07, 6.45) is 0.808. The highest BCUT2D eigenvalue weighted by Gasteiger charge is 2.40. The van der Waals surface area contributed by atoms with Crippen LogP contribution in [0.3, 0.4) is 0 Å². The molecule has 6 nitrogen and oxygen atoms in total. The Morgan fingerprint density at radius 3 is 2.52 bits per heavy atom. The standard InChI is InChI=1S/C21H22N2O4/c1-13-6-5-7-15(10-13)22-20(25)16-8-3-4-9-18(16)23-19(24)12-27-21(26)17-11-14(17)2/h3-10,14,17H,11-12H2,1-2H3,(H,22,25)(H,23,24)/t14-,17+/m1/s1. The molecule has 0 bridgehead atoms. The monoisotopic (exact) mass is 366 g/mol. The predicted octanol–water partition coefficient (Wildman–Crippen LogP) is 3.39. The molecule has 6 heteroatoms. The lowest BCUT2D eigenvalue weighted by Crippen LogP contribution is -2.23. The van der Waals surface area contributed by atoms with Gasteiger partial charge in [-0.05, 0) is 49.1 Å². The van der Waals surface area contributed by atoms with Gasteiger partial charge < -0.3 is 15.4 Å². The Bertz CT molecular complexity index is 878. The van der Waals surface area contributed by atoms with E-state index >= 15 is 0 Å². The van der Waals surface area contributed by atoms with E-state index in [-0.39, 0.29) is 24.4 Å². The topological polar surface area (TPSA) is 84.5 Å². The molecule has 1 aliphatic carbocycles. The van der Waals surface area contributed by atoms with E-state index in [0.717, 1.165) is 12.0 Å². The molecule has 140 valence electrons. The first-order chi connectivity index (χ1) is 12.9. The lowest BCUT2D eigenvalue weighted by atomic mass is 10.1. The third-order valence-electron chi connectivity index (χ3n) is 4.48. The van der Waals surface area contributed by atoms with Crippen molar-refractivity contribution in [2.45, 2.75) is 20.3 Å². The molecule has 27 heavy (non-hydrogen) atoms. The Morgan fingerprint density at radius 1 is 1.07 bits per heavy atom. The Balaban J connectivity index is 1.62. The maximum atomic E-state index is 12.6. The minimum absolute atomic E-state index is 0.0924. The van der Waals surface area contributed by atoms with Crippen molar-refractivity contribution in [2.24, 2.45) is 11.8 Å². The molecule has 3 rings (SSSR count). The summed E-state index contributed by atoms with van der Waals surface area (Å²) in [5, 5.41) is 5.45. The van der Waals surface area contributed by atoms with Crippen LogP contribution >= 0.6 is 0 Å². The SMILES string of the molecule is Cc1cccc(NC(=O)c2ccccc2NC(=O)COC(=O)[C@H]2C[C@H]2C)c1. The highest BCUT2D eigenvalue weighted by atomic mass is 16.5. The molecular formula is C21H22N2O4. The molecule has 2 atom stereocenters. The van der Waals surface area contributed by atoms with Gasteiger partial charge in [0.25, 0.3) is 11.8 Å². The van der Waals surface area contributed by atoms with Crippen molar-refractivity contribution in [3.05, 3.63) is 59.7 Å². The summed E-state index contributed by atoms with van der Waals surface area (Å²) in [7, 11) is 0. The second kappa shape index (κ2) is 8.03. The fourth-order valence-electron chi connectivity index (χ4n) is 2.79. The summed E-state index contributed by atoms with van der Waals surface area (Å²) < 4.78 is 5.03. The van der Waals surface area contributed by atoms with Gasteiger partial charge in [0.2, 0.25) is 0 Å². The van der Waals surface area contributed by atoms with Gasteiger partial charge in [-0.25, -0.2) is 0 Å². The number of nitrogens with one attached hydrogen (secondary N) is 2. The Morgan fingerprint density at radius 2 is 1.81 bits per heavy atom. The number of hydrogen-bond acceptors (Lipinski definition) is 4. The van der Waals surface area contributed by atoms with Gasteiger partial charge in [0.05, 0.1) is 17.2 Å². The maximum Gasteiger partial charge on any atom is 0.309 e. The fraction of sp³-hybridized carbons (Fsp3) is 0.286. The van der Waals surface area contributed by atoms with Crippen LogP contribution in [0.2, 0.25) is 0 Å². The minimum atomic E-state index is -0.479. The van der Waals surface area contributed by atoms with Crippen LogP contribution in [0.15, 0.2) is 48.5 Å². The lowest BCUT2D eigenvalue weighted by Gasteiger charge is -2.12. The zero-order valence-corrected chi connectivity index (χ0v) is 15.3. The fourth-order valence-corrected chi connectivity index (χ4v) is 2.79. The van der Waals surface area contributed by atoms with Crippen LogP contribution in [-0.4, -0.2) is 24.4 Å². The zero-order valence-electron chi connectivity index (χ0n) is 15.3. The number of para-hydroxylation sites is 1. The Labute approximate surface area is 157 Å². The number of hydrogen-bond donors (Lipinski definition) is 2. The highest BCUT2D eigenvalue weighted by Crippen LogP contribution is 2.38. The molecule has 1 saturated carbocycles. The molecule has 0 aromatic heterocycles. The summed E-state index contributed by atoms with van der Waals surface area (Å²) in [6, 6.07) is 14.1. The smallest absolute Gasteiger partial charge is 0.309 e. The molecule has 2 N–H and O–H groups in total. The highest BCUT2D eigenvalue weighted by molar-refractivity contribution is 6.10. The molecule has 2 amide bonds. The van der Waals surface area contributed by atoms with Gasteiger partial charge in [-0.1, -0.05) is 31.2 Å². The molecular weight excluding hydrogens is 344 g/mol. The number of ether oxygens (including phenoxy) is 1. The van der Waals surface area contributed by atoms with Gasteiger partial charge >= 0.3 is 5.97 Å². The van der Waals surface area contributed by atoms with Crippen molar-refractivity contribution >= 4 is 29.2 Å². The van der Waals surface area contributed by atoms with Crippen LogP contribution in [0.5, 0.6) is 0 Å². The predicted molar refractivity (Wildman–Crippen MR) is 102 cm³/mol. The number of rotatable bonds is 6. The van der Waals surface area contributed by atoms with Crippen LogP contribution < -0.4 is 10.6 Å². The van der Waals surface area contributed by atoms with E-state index in [1.807, 2.05) is 32.0 Å².